The summed E-state index contributed by atoms with van der Waals surface area (Å²) in [6.45, 7) is 2.84. The molecule has 3 nitrogen and oxygen atoms in total. The summed E-state index contributed by atoms with van der Waals surface area (Å²) < 4.78 is 0. The molecule has 1 aliphatic rings. The van der Waals surface area contributed by atoms with E-state index in [-0.39, 0.29) is 5.91 Å². The van der Waals surface area contributed by atoms with E-state index in [0.717, 1.165) is 45.1 Å². The van der Waals surface area contributed by atoms with E-state index in [1.807, 2.05) is 0 Å². The first-order valence-corrected chi connectivity index (χ1v) is 6.12. The van der Waals surface area contributed by atoms with Crippen molar-refractivity contribution in [3.05, 3.63) is 0 Å². The number of rotatable bonds is 5. The molecular weight excluding hydrogens is 208 g/mol. The largest absolute Gasteiger partial charge is 0.392 e. The van der Waals surface area contributed by atoms with Crippen LogP contribution in [0, 0.1) is 5.41 Å². The number of carbonyl (C=O) groups is 1. The van der Waals surface area contributed by atoms with Gasteiger partial charge < -0.3 is 11.1 Å². The van der Waals surface area contributed by atoms with Crippen LogP contribution >= 0.6 is 12.2 Å². The number of carbonyl (C=O) groups excluding carboxylic acids is 1. The highest BCUT2D eigenvalue weighted by Crippen LogP contribution is 2.38. The van der Waals surface area contributed by atoms with Gasteiger partial charge in [0, 0.05) is 6.54 Å². The summed E-state index contributed by atoms with van der Waals surface area (Å²) in [5.74, 6) is 0.0425. The number of thiocarbonyl (C=S) groups is 1. The van der Waals surface area contributed by atoms with Gasteiger partial charge in [-0.1, -0.05) is 38.4 Å². The summed E-state index contributed by atoms with van der Waals surface area (Å²) >= 11 is 5.04. The molecular formula is C11H20N2OS. The first-order valence-electron chi connectivity index (χ1n) is 5.71. The van der Waals surface area contributed by atoms with Crippen molar-refractivity contribution in [2.45, 2.75) is 45.4 Å². The average Bonchev–Trinajstić information content (AvgIpc) is 2.67. The van der Waals surface area contributed by atoms with E-state index in [4.69, 9.17) is 18.0 Å². The Morgan fingerprint density at radius 2 is 2.07 bits per heavy atom. The van der Waals surface area contributed by atoms with Gasteiger partial charge in [0.2, 0.25) is 5.91 Å². The standard InChI is InChI=1S/C11H20N2OS/c1-2-3-8-13-10(14)11(9(12)15)6-4-5-7-11/h2-8H2,1H3,(H2,12,15)(H,13,14). The van der Waals surface area contributed by atoms with Gasteiger partial charge in [0.05, 0.1) is 10.4 Å². The third-order valence-corrected chi connectivity index (χ3v) is 3.57. The molecule has 0 aromatic rings. The molecule has 1 aliphatic carbocycles. The smallest absolute Gasteiger partial charge is 0.233 e. The molecule has 0 unspecified atom stereocenters. The SMILES string of the molecule is CCCCNC(=O)C1(C(N)=S)CCCC1. The summed E-state index contributed by atoms with van der Waals surface area (Å²) in [7, 11) is 0. The number of nitrogens with two attached hydrogens (primary N) is 1. The Hall–Kier alpha value is -0.640. The Morgan fingerprint density at radius 3 is 2.53 bits per heavy atom. The van der Waals surface area contributed by atoms with Gasteiger partial charge in [-0.2, -0.15) is 0 Å². The minimum absolute atomic E-state index is 0.0425. The number of hydrogen-bond donors (Lipinski definition) is 2. The number of nitrogens with one attached hydrogen (secondary N) is 1. The Morgan fingerprint density at radius 1 is 1.47 bits per heavy atom. The van der Waals surface area contributed by atoms with Crippen molar-refractivity contribution in [1.82, 2.24) is 5.32 Å². The molecule has 1 amide bonds. The van der Waals surface area contributed by atoms with Gasteiger partial charge in [0.1, 0.15) is 0 Å². The molecule has 4 heteroatoms. The van der Waals surface area contributed by atoms with E-state index in [2.05, 4.69) is 12.2 Å². The predicted octanol–water partition coefficient (Wildman–Crippen LogP) is 1.75. The highest BCUT2D eigenvalue weighted by atomic mass is 32.1. The molecule has 15 heavy (non-hydrogen) atoms. The molecule has 0 saturated heterocycles. The predicted molar refractivity (Wildman–Crippen MR) is 65.6 cm³/mol. The van der Waals surface area contributed by atoms with Gasteiger partial charge in [0.25, 0.3) is 0 Å². The highest BCUT2D eigenvalue weighted by molar-refractivity contribution is 7.80. The molecule has 0 atom stereocenters. The normalized spacial score (nSPS) is 18.7. The lowest BCUT2D eigenvalue weighted by molar-refractivity contribution is -0.127. The van der Waals surface area contributed by atoms with Gasteiger partial charge >= 0.3 is 0 Å². The van der Waals surface area contributed by atoms with E-state index in [1.54, 1.807) is 0 Å². The molecule has 0 aromatic carbocycles. The van der Waals surface area contributed by atoms with Crippen LogP contribution in [-0.4, -0.2) is 17.4 Å². The van der Waals surface area contributed by atoms with Crippen LogP contribution in [0.2, 0.25) is 0 Å². The van der Waals surface area contributed by atoms with Crippen molar-refractivity contribution < 1.29 is 4.79 Å². The van der Waals surface area contributed by atoms with Crippen LogP contribution in [-0.2, 0) is 4.79 Å². The first-order chi connectivity index (χ1) is 7.13. The Labute approximate surface area is 96.8 Å². The molecule has 0 bridgehead atoms. The summed E-state index contributed by atoms with van der Waals surface area (Å²) in [6.07, 6.45) is 5.84. The lowest BCUT2D eigenvalue weighted by Gasteiger charge is -2.26. The summed E-state index contributed by atoms with van der Waals surface area (Å²) in [6, 6.07) is 0. The van der Waals surface area contributed by atoms with Crippen LogP contribution < -0.4 is 11.1 Å². The van der Waals surface area contributed by atoms with E-state index in [1.165, 1.54) is 0 Å². The second kappa shape index (κ2) is 5.45. The van der Waals surface area contributed by atoms with Crippen LogP contribution in [0.3, 0.4) is 0 Å². The van der Waals surface area contributed by atoms with Crippen molar-refractivity contribution >= 4 is 23.1 Å². The fraction of sp³-hybridized carbons (Fsp3) is 0.818. The molecule has 86 valence electrons. The van der Waals surface area contributed by atoms with Crippen LogP contribution in [0.15, 0.2) is 0 Å². The van der Waals surface area contributed by atoms with Gasteiger partial charge in [-0.25, -0.2) is 0 Å². The zero-order valence-electron chi connectivity index (χ0n) is 9.34. The lowest BCUT2D eigenvalue weighted by Crippen LogP contribution is -2.47. The number of amides is 1. The van der Waals surface area contributed by atoms with Crippen molar-refractivity contribution in [3.63, 3.8) is 0 Å². The van der Waals surface area contributed by atoms with Gasteiger partial charge in [-0.05, 0) is 19.3 Å². The number of unbranched alkanes of at least 4 members (excludes halogenated alkanes) is 1. The molecule has 1 fully saturated rings. The molecule has 0 heterocycles. The van der Waals surface area contributed by atoms with Crippen molar-refractivity contribution in [3.8, 4) is 0 Å². The minimum Gasteiger partial charge on any atom is -0.392 e. The topological polar surface area (TPSA) is 55.1 Å². The fourth-order valence-electron chi connectivity index (χ4n) is 2.11. The maximum atomic E-state index is 12.0. The zero-order chi connectivity index (χ0) is 11.3. The van der Waals surface area contributed by atoms with Gasteiger partial charge in [-0.15, -0.1) is 0 Å². The Kier molecular flexibility index (Phi) is 4.51. The average molecular weight is 228 g/mol. The second-order valence-corrected chi connectivity index (χ2v) is 4.70. The third-order valence-electron chi connectivity index (χ3n) is 3.18. The zero-order valence-corrected chi connectivity index (χ0v) is 10.2. The molecule has 1 rings (SSSR count). The van der Waals surface area contributed by atoms with Crippen LogP contribution in [0.4, 0.5) is 0 Å². The summed E-state index contributed by atoms with van der Waals surface area (Å²) in [4.78, 5) is 12.4. The maximum Gasteiger partial charge on any atom is 0.233 e. The molecule has 3 N–H and O–H groups in total. The van der Waals surface area contributed by atoms with E-state index in [0.29, 0.717) is 4.99 Å². The van der Waals surface area contributed by atoms with Crippen molar-refractivity contribution in [2.24, 2.45) is 11.1 Å². The minimum atomic E-state index is -0.539. The van der Waals surface area contributed by atoms with E-state index < -0.39 is 5.41 Å². The monoisotopic (exact) mass is 228 g/mol. The summed E-state index contributed by atoms with van der Waals surface area (Å²) in [5.41, 5.74) is 5.17. The van der Waals surface area contributed by atoms with Crippen molar-refractivity contribution in [1.29, 1.82) is 0 Å². The molecule has 0 radical (unpaired) electrons. The first kappa shape index (κ1) is 12.4. The van der Waals surface area contributed by atoms with E-state index in [9.17, 15) is 4.79 Å². The Bertz CT molecular complexity index is 247. The lowest BCUT2D eigenvalue weighted by atomic mass is 9.85. The summed E-state index contributed by atoms with van der Waals surface area (Å²) in [5, 5.41) is 2.94. The molecule has 0 spiro atoms. The van der Waals surface area contributed by atoms with Crippen LogP contribution in [0.1, 0.15) is 45.4 Å². The third kappa shape index (κ3) is 2.68. The number of hydrogen-bond acceptors (Lipinski definition) is 2. The van der Waals surface area contributed by atoms with Gasteiger partial charge in [0.15, 0.2) is 0 Å². The molecule has 1 saturated carbocycles. The molecule has 0 aromatic heterocycles. The maximum absolute atomic E-state index is 12.0. The molecule has 0 aliphatic heterocycles. The second-order valence-electron chi connectivity index (χ2n) is 4.26. The van der Waals surface area contributed by atoms with Gasteiger partial charge in [-0.3, -0.25) is 4.79 Å². The fourth-order valence-corrected chi connectivity index (χ4v) is 2.41. The van der Waals surface area contributed by atoms with Crippen LogP contribution in [0.25, 0.3) is 0 Å². The van der Waals surface area contributed by atoms with Crippen molar-refractivity contribution in [2.75, 3.05) is 6.54 Å². The Balaban J connectivity index is 2.56. The van der Waals surface area contributed by atoms with E-state index >= 15 is 0 Å². The highest BCUT2D eigenvalue weighted by Gasteiger charge is 2.43. The quantitative estimate of drug-likeness (QED) is 0.557. The van der Waals surface area contributed by atoms with Crippen LogP contribution in [0.5, 0.6) is 0 Å².